The number of fused-ring (bicyclic) bond motifs is 1. The van der Waals surface area contributed by atoms with Gasteiger partial charge in [-0.25, -0.2) is 0 Å². The lowest BCUT2D eigenvalue weighted by molar-refractivity contribution is 0.414. The van der Waals surface area contributed by atoms with E-state index in [0.717, 1.165) is 25.1 Å². The third-order valence-electron chi connectivity index (χ3n) is 3.16. The number of benzene rings is 1. The summed E-state index contributed by atoms with van der Waals surface area (Å²) in [6.45, 7) is 0.741. The number of rotatable bonds is 3. The molecule has 0 radical (unpaired) electrons. The van der Waals surface area contributed by atoms with Crippen LogP contribution in [0.4, 0.5) is 5.69 Å². The largest absolute Gasteiger partial charge is 0.495 e. The Labute approximate surface area is 90.8 Å². The Hall–Kier alpha value is -1.22. The highest BCUT2D eigenvalue weighted by Crippen LogP contribution is 2.39. The lowest BCUT2D eigenvalue weighted by atomic mass is 10.1. The van der Waals surface area contributed by atoms with Gasteiger partial charge < -0.3 is 15.4 Å². The standard InChI is InChI=1S/C12H18N2O/c1-14-10(6-7-13)8-9-4-3-5-11(15-2)12(9)14/h3-5,10H,6-8,13H2,1-2H3. The monoisotopic (exact) mass is 206 g/mol. The van der Waals surface area contributed by atoms with Gasteiger partial charge in [0.05, 0.1) is 12.8 Å². The molecule has 0 aliphatic carbocycles. The molecular weight excluding hydrogens is 188 g/mol. The van der Waals surface area contributed by atoms with Crippen LogP contribution in [0.3, 0.4) is 0 Å². The van der Waals surface area contributed by atoms with Crippen molar-refractivity contribution in [3.8, 4) is 5.75 Å². The van der Waals surface area contributed by atoms with E-state index < -0.39 is 0 Å². The van der Waals surface area contributed by atoms with Crippen LogP contribution in [0.1, 0.15) is 12.0 Å². The molecule has 3 nitrogen and oxygen atoms in total. The second-order valence-electron chi connectivity index (χ2n) is 4.01. The van der Waals surface area contributed by atoms with Gasteiger partial charge in [0.15, 0.2) is 0 Å². The van der Waals surface area contributed by atoms with Crippen molar-refractivity contribution in [3.63, 3.8) is 0 Å². The molecule has 0 bridgehead atoms. The van der Waals surface area contributed by atoms with Gasteiger partial charge in [0.25, 0.3) is 0 Å². The second kappa shape index (κ2) is 4.11. The molecule has 2 rings (SSSR count). The molecule has 1 aromatic carbocycles. The first-order chi connectivity index (χ1) is 7.27. The highest BCUT2D eigenvalue weighted by molar-refractivity contribution is 5.67. The topological polar surface area (TPSA) is 38.5 Å². The maximum atomic E-state index is 5.62. The molecule has 0 saturated carbocycles. The number of hydrogen-bond acceptors (Lipinski definition) is 3. The van der Waals surface area contributed by atoms with Gasteiger partial charge in [-0.2, -0.15) is 0 Å². The predicted octanol–water partition coefficient (Wildman–Crippen LogP) is 1.40. The average molecular weight is 206 g/mol. The molecule has 0 saturated heterocycles. The van der Waals surface area contributed by atoms with Crippen molar-refractivity contribution < 1.29 is 4.74 Å². The van der Waals surface area contributed by atoms with Crippen LogP contribution in [-0.4, -0.2) is 26.7 Å². The van der Waals surface area contributed by atoms with Crippen molar-refractivity contribution in [3.05, 3.63) is 23.8 Å². The number of nitrogens with two attached hydrogens (primary N) is 1. The molecule has 1 atom stereocenters. The third kappa shape index (κ3) is 1.67. The molecule has 1 aliphatic heterocycles. The normalized spacial score (nSPS) is 19.1. The van der Waals surface area contributed by atoms with E-state index in [9.17, 15) is 0 Å². The summed E-state index contributed by atoms with van der Waals surface area (Å²) in [6, 6.07) is 6.77. The highest BCUT2D eigenvalue weighted by atomic mass is 16.5. The van der Waals surface area contributed by atoms with E-state index in [-0.39, 0.29) is 0 Å². The zero-order valence-electron chi connectivity index (χ0n) is 9.36. The molecule has 1 unspecified atom stereocenters. The number of methoxy groups -OCH3 is 1. The molecule has 1 aromatic rings. The van der Waals surface area contributed by atoms with Gasteiger partial charge in [0.1, 0.15) is 5.75 Å². The van der Waals surface area contributed by atoms with Crippen molar-refractivity contribution in [1.82, 2.24) is 0 Å². The minimum absolute atomic E-state index is 0.529. The molecule has 1 heterocycles. The molecule has 0 fully saturated rings. The first-order valence-electron chi connectivity index (χ1n) is 5.36. The van der Waals surface area contributed by atoms with Gasteiger partial charge in [-0.05, 0) is 31.0 Å². The molecule has 3 heteroatoms. The van der Waals surface area contributed by atoms with Crippen LogP contribution >= 0.6 is 0 Å². The Morgan fingerprint density at radius 2 is 2.33 bits per heavy atom. The molecule has 15 heavy (non-hydrogen) atoms. The fraction of sp³-hybridized carbons (Fsp3) is 0.500. The molecule has 1 aliphatic rings. The van der Waals surface area contributed by atoms with Gasteiger partial charge in [-0.15, -0.1) is 0 Å². The van der Waals surface area contributed by atoms with Crippen molar-refractivity contribution >= 4 is 5.69 Å². The highest BCUT2D eigenvalue weighted by Gasteiger charge is 2.28. The number of nitrogens with zero attached hydrogens (tertiary/aromatic N) is 1. The Morgan fingerprint density at radius 1 is 1.53 bits per heavy atom. The maximum absolute atomic E-state index is 5.62. The lowest BCUT2D eigenvalue weighted by Gasteiger charge is -2.23. The summed E-state index contributed by atoms with van der Waals surface area (Å²) in [6.07, 6.45) is 2.12. The number of likely N-dealkylation sites (N-methyl/N-ethyl adjacent to an activating group) is 1. The van der Waals surface area contributed by atoms with Crippen LogP contribution in [0.2, 0.25) is 0 Å². The minimum Gasteiger partial charge on any atom is -0.495 e. The minimum atomic E-state index is 0.529. The summed E-state index contributed by atoms with van der Waals surface area (Å²) >= 11 is 0. The molecular formula is C12H18N2O. The second-order valence-corrected chi connectivity index (χ2v) is 4.01. The maximum Gasteiger partial charge on any atom is 0.142 e. The summed E-state index contributed by atoms with van der Waals surface area (Å²) in [5.41, 5.74) is 8.22. The van der Waals surface area contributed by atoms with E-state index in [0.29, 0.717) is 6.04 Å². The predicted molar refractivity (Wildman–Crippen MR) is 62.6 cm³/mol. The van der Waals surface area contributed by atoms with E-state index in [1.807, 2.05) is 6.07 Å². The van der Waals surface area contributed by atoms with Gasteiger partial charge in [0.2, 0.25) is 0 Å². The Kier molecular flexibility index (Phi) is 2.82. The fourth-order valence-electron chi connectivity index (χ4n) is 2.36. The molecule has 0 aromatic heterocycles. The van der Waals surface area contributed by atoms with Gasteiger partial charge in [-0.3, -0.25) is 0 Å². The lowest BCUT2D eigenvalue weighted by Crippen LogP contribution is -2.30. The van der Waals surface area contributed by atoms with Crippen LogP contribution in [0.25, 0.3) is 0 Å². The average Bonchev–Trinajstić information content (AvgIpc) is 2.57. The van der Waals surface area contributed by atoms with Crippen molar-refractivity contribution in [2.24, 2.45) is 5.73 Å². The Balaban J connectivity index is 2.32. The van der Waals surface area contributed by atoms with E-state index in [1.54, 1.807) is 7.11 Å². The van der Waals surface area contributed by atoms with Crippen LogP contribution in [0.5, 0.6) is 5.75 Å². The van der Waals surface area contributed by atoms with Gasteiger partial charge in [0, 0.05) is 13.1 Å². The fourth-order valence-corrected chi connectivity index (χ4v) is 2.36. The molecule has 82 valence electrons. The van der Waals surface area contributed by atoms with Crippen molar-refractivity contribution in [2.45, 2.75) is 18.9 Å². The van der Waals surface area contributed by atoms with Gasteiger partial charge in [-0.1, -0.05) is 12.1 Å². The third-order valence-corrected chi connectivity index (χ3v) is 3.16. The first kappa shape index (κ1) is 10.3. The van der Waals surface area contributed by atoms with E-state index in [4.69, 9.17) is 10.5 Å². The Bertz CT molecular complexity index is 351. The van der Waals surface area contributed by atoms with Crippen molar-refractivity contribution in [2.75, 3.05) is 25.6 Å². The van der Waals surface area contributed by atoms with E-state index in [1.165, 1.54) is 11.3 Å². The number of anilines is 1. The quantitative estimate of drug-likeness (QED) is 0.812. The zero-order valence-corrected chi connectivity index (χ0v) is 9.36. The summed E-state index contributed by atoms with van der Waals surface area (Å²) < 4.78 is 5.38. The number of ether oxygens (including phenoxy) is 1. The number of hydrogen-bond donors (Lipinski definition) is 1. The Morgan fingerprint density at radius 3 is 3.00 bits per heavy atom. The molecule has 0 spiro atoms. The van der Waals surface area contributed by atoms with Crippen LogP contribution in [0, 0.1) is 0 Å². The smallest absolute Gasteiger partial charge is 0.142 e. The van der Waals surface area contributed by atoms with Gasteiger partial charge >= 0.3 is 0 Å². The summed E-state index contributed by atoms with van der Waals surface area (Å²) in [7, 11) is 3.84. The SMILES string of the molecule is COc1cccc2c1N(C)C(CCN)C2. The van der Waals surface area contributed by atoms with E-state index in [2.05, 4.69) is 24.1 Å². The van der Waals surface area contributed by atoms with Crippen LogP contribution < -0.4 is 15.4 Å². The molecule has 2 N–H and O–H groups in total. The summed E-state index contributed by atoms with van der Waals surface area (Å²) in [5.74, 6) is 0.967. The molecule has 0 amide bonds. The zero-order chi connectivity index (χ0) is 10.8. The first-order valence-corrected chi connectivity index (χ1v) is 5.36. The summed E-state index contributed by atoms with van der Waals surface area (Å²) in [4.78, 5) is 2.29. The summed E-state index contributed by atoms with van der Waals surface area (Å²) in [5, 5.41) is 0. The van der Waals surface area contributed by atoms with Crippen LogP contribution in [0.15, 0.2) is 18.2 Å². The van der Waals surface area contributed by atoms with Crippen LogP contribution in [-0.2, 0) is 6.42 Å². The number of para-hydroxylation sites is 1. The van der Waals surface area contributed by atoms with E-state index >= 15 is 0 Å². The van der Waals surface area contributed by atoms with Crippen molar-refractivity contribution in [1.29, 1.82) is 0 Å².